The number of nitrogens with zero attached hydrogens (tertiary/aromatic N) is 2. The van der Waals surface area contributed by atoms with Gasteiger partial charge in [0.05, 0.1) is 6.04 Å². The van der Waals surface area contributed by atoms with Gasteiger partial charge < -0.3 is 15.1 Å². The number of likely N-dealkylation sites (tertiary alicyclic amines) is 1. The number of hydrogen-bond donors (Lipinski definition) is 1. The van der Waals surface area contributed by atoms with Gasteiger partial charge in [-0.25, -0.2) is 0 Å². The van der Waals surface area contributed by atoms with Crippen LogP contribution in [-0.4, -0.2) is 61.5 Å². The second kappa shape index (κ2) is 7.85. The highest BCUT2D eigenvalue weighted by molar-refractivity contribution is 5.81. The van der Waals surface area contributed by atoms with Crippen LogP contribution in [0.1, 0.15) is 40.0 Å². The Kier molecular flexibility index (Phi) is 6.80. The fourth-order valence-corrected chi connectivity index (χ4v) is 2.72. The fourth-order valence-electron chi connectivity index (χ4n) is 2.72. The minimum atomic E-state index is -0.0202. The zero-order valence-corrected chi connectivity index (χ0v) is 13.3. The Morgan fingerprint density at radius 2 is 1.89 bits per heavy atom. The molecule has 1 rings (SSSR count). The number of likely N-dealkylation sites (N-methyl/N-ethyl adjacent to an activating group) is 1. The van der Waals surface area contributed by atoms with Crippen LogP contribution in [0.3, 0.4) is 0 Å². The van der Waals surface area contributed by atoms with Crippen LogP contribution >= 0.6 is 0 Å². The summed E-state index contributed by atoms with van der Waals surface area (Å²) in [5.74, 6) is 0.753. The molecule has 1 atom stereocenters. The Labute approximate surface area is 118 Å². The van der Waals surface area contributed by atoms with Crippen LogP contribution in [0.4, 0.5) is 0 Å². The summed E-state index contributed by atoms with van der Waals surface area (Å²) in [6, 6.07) is 0.476. The Balaban J connectivity index is 2.50. The van der Waals surface area contributed by atoms with Crippen LogP contribution in [0, 0.1) is 5.92 Å². The minimum Gasteiger partial charge on any atom is -0.347 e. The van der Waals surface area contributed by atoms with Crippen molar-refractivity contribution in [1.29, 1.82) is 0 Å². The van der Waals surface area contributed by atoms with Crippen molar-refractivity contribution >= 4 is 5.91 Å². The molecule has 1 heterocycles. The van der Waals surface area contributed by atoms with Gasteiger partial charge in [0.1, 0.15) is 0 Å². The lowest BCUT2D eigenvalue weighted by Gasteiger charge is -2.34. The standard InChI is InChI=1S/C15H31N3O/c1-6-18-9-7-13(8-10-18)16-14(11-12(2)3)15(19)17(4)5/h12-14,16H,6-11H2,1-5H3. The molecule has 0 saturated carbocycles. The summed E-state index contributed by atoms with van der Waals surface area (Å²) >= 11 is 0. The normalized spacial score (nSPS) is 19.7. The van der Waals surface area contributed by atoms with E-state index in [9.17, 15) is 4.79 Å². The SMILES string of the molecule is CCN1CCC(NC(CC(C)C)C(=O)N(C)C)CC1. The quantitative estimate of drug-likeness (QED) is 0.795. The summed E-state index contributed by atoms with van der Waals surface area (Å²) in [4.78, 5) is 16.4. The van der Waals surface area contributed by atoms with Gasteiger partial charge in [-0.05, 0) is 44.8 Å². The lowest BCUT2D eigenvalue weighted by atomic mass is 9.98. The summed E-state index contributed by atoms with van der Waals surface area (Å²) in [5.41, 5.74) is 0. The van der Waals surface area contributed by atoms with Crippen molar-refractivity contribution in [2.24, 2.45) is 5.92 Å². The Morgan fingerprint density at radius 1 is 1.32 bits per heavy atom. The monoisotopic (exact) mass is 269 g/mol. The van der Waals surface area contributed by atoms with Gasteiger partial charge in [0.25, 0.3) is 0 Å². The van der Waals surface area contributed by atoms with Crippen molar-refractivity contribution in [2.45, 2.75) is 52.1 Å². The van der Waals surface area contributed by atoms with E-state index >= 15 is 0 Å². The second-order valence-electron chi connectivity index (χ2n) is 6.29. The van der Waals surface area contributed by atoms with Gasteiger partial charge in [-0.2, -0.15) is 0 Å². The molecule has 0 bridgehead atoms. The molecule has 1 fully saturated rings. The van der Waals surface area contributed by atoms with Gasteiger partial charge >= 0.3 is 0 Å². The van der Waals surface area contributed by atoms with E-state index in [0.29, 0.717) is 12.0 Å². The van der Waals surface area contributed by atoms with E-state index in [4.69, 9.17) is 0 Å². The molecule has 1 N–H and O–H groups in total. The van der Waals surface area contributed by atoms with Gasteiger partial charge in [0.2, 0.25) is 5.91 Å². The van der Waals surface area contributed by atoms with Gasteiger partial charge in [0, 0.05) is 20.1 Å². The smallest absolute Gasteiger partial charge is 0.239 e. The first-order chi connectivity index (χ1) is 8.93. The highest BCUT2D eigenvalue weighted by Crippen LogP contribution is 2.14. The first-order valence-electron chi connectivity index (χ1n) is 7.63. The van der Waals surface area contributed by atoms with Gasteiger partial charge in [-0.15, -0.1) is 0 Å². The third-order valence-corrected chi connectivity index (χ3v) is 3.92. The van der Waals surface area contributed by atoms with E-state index in [-0.39, 0.29) is 11.9 Å². The predicted molar refractivity (Wildman–Crippen MR) is 80.2 cm³/mol. The van der Waals surface area contributed by atoms with Crippen molar-refractivity contribution in [2.75, 3.05) is 33.7 Å². The number of carbonyl (C=O) groups is 1. The van der Waals surface area contributed by atoms with E-state index in [0.717, 1.165) is 38.9 Å². The van der Waals surface area contributed by atoms with Gasteiger partial charge in [-0.3, -0.25) is 4.79 Å². The molecule has 0 aromatic rings. The Morgan fingerprint density at radius 3 is 2.32 bits per heavy atom. The number of hydrogen-bond acceptors (Lipinski definition) is 3. The van der Waals surface area contributed by atoms with Crippen molar-refractivity contribution < 1.29 is 4.79 Å². The van der Waals surface area contributed by atoms with E-state index in [1.165, 1.54) is 0 Å². The molecule has 0 aromatic heterocycles. The van der Waals surface area contributed by atoms with Crippen LogP contribution < -0.4 is 5.32 Å². The maximum atomic E-state index is 12.2. The zero-order chi connectivity index (χ0) is 14.4. The number of rotatable bonds is 6. The molecule has 0 aromatic carbocycles. The van der Waals surface area contributed by atoms with Gasteiger partial charge in [-0.1, -0.05) is 20.8 Å². The average Bonchev–Trinajstić information content (AvgIpc) is 2.37. The van der Waals surface area contributed by atoms with Crippen LogP contribution in [-0.2, 0) is 4.79 Å². The fraction of sp³-hybridized carbons (Fsp3) is 0.933. The molecule has 0 spiro atoms. The average molecular weight is 269 g/mol. The summed E-state index contributed by atoms with van der Waals surface area (Å²) in [7, 11) is 3.69. The van der Waals surface area contributed by atoms with Crippen LogP contribution in [0.25, 0.3) is 0 Å². The summed E-state index contributed by atoms with van der Waals surface area (Å²) in [6.07, 6.45) is 3.23. The molecule has 1 aliphatic heterocycles. The maximum absolute atomic E-state index is 12.2. The largest absolute Gasteiger partial charge is 0.347 e. The zero-order valence-electron chi connectivity index (χ0n) is 13.3. The maximum Gasteiger partial charge on any atom is 0.239 e. The van der Waals surface area contributed by atoms with E-state index in [1.54, 1.807) is 4.90 Å². The molecule has 1 saturated heterocycles. The number of nitrogens with one attached hydrogen (secondary N) is 1. The third kappa shape index (κ3) is 5.49. The predicted octanol–water partition coefficient (Wildman–Crippen LogP) is 1.56. The summed E-state index contributed by atoms with van der Waals surface area (Å²) in [6.45, 7) is 10.0. The molecule has 4 heteroatoms. The van der Waals surface area contributed by atoms with E-state index in [1.807, 2.05) is 14.1 Å². The van der Waals surface area contributed by atoms with Crippen LogP contribution in [0.5, 0.6) is 0 Å². The first-order valence-corrected chi connectivity index (χ1v) is 7.63. The number of piperidine rings is 1. The highest BCUT2D eigenvalue weighted by atomic mass is 16.2. The molecule has 4 nitrogen and oxygen atoms in total. The lowest BCUT2D eigenvalue weighted by Crippen LogP contribution is -2.51. The topological polar surface area (TPSA) is 35.6 Å². The van der Waals surface area contributed by atoms with E-state index < -0.39 is 0 Å². The number of amides is 1. The molecular formula is C15H31N3O. The molecule has 0 radical (unpaired) electrons. The van der Waals surface area contributed by atoms with Crippen molar-refractivity contribution in [3.63, 3.8) is 0 Å². The van der Waals surface area contributed by atoms with Crippen molar-refractivity contribution in [1.82, 2.24) is 15.1 Å². The molecule has 19 heavy (non-hydrogen) atoms. The molecular weight excluding hydrogens is 238 g/mol. The third-order valence-electron chi connectivity index (χ3n) is 3.92. The highest BCUT2D eigenvalue weighted by Gasteiger charge is 2.26. The van der Waals surface area contributed by atoms with Gasteiger partial charge in [0.15, 0.2) is 0 Å². The molecule has 112 valence electrons. The second-order valence-corrected chi connectivity index (χ2v) is 6.29. The summed E-state index contributed by atoms with van der Waals surface area (Å²) < 4.78 is 0. The Bertz CT molecular complexity index is 271. The number of carbonyl (C=O) groups excluding carboxylic acids is 1. The van der Waals surface area contributed by atoms with Crippen molar-refractivity contribution in [3.8, 4) is 0 Å². The summed E-state index contributed by atoms with van der Waals surface area (Å²) in [5, 5.41) is 3.60. The molecule has 0 aliphatic carbocycles. The minimum absolute atomic E-state index is 0.0202. The lowest BCUT2D eigenvalue weighted by molar-refractivity contribution is -0.131. The van der Waals surface area contributed by atoms with Crippen molar-refractivity contribution in [3.05, 3.63) is 0 Å². The molecule has 1 aliphatic rings. The van der Waals surface area contributed by atoms with Crippen LogP contribution in [0.2, 0.25) is 0 Å². The first kappa shape index (κ1) is 16.4. The van der Waals surface area contributed by atoms with Crippen LogP contribution in [0.15, 0.2) is 0 Å². The molecule has 1 unspecified atom stereocenters. The molecule has 1 amide bonds. The Hall–Kier alpha value is -0.610. The van der Waals surface area contributed by atoms with E-state index in [2.05, 4.69) is 31.0 Å².